The number of amides is 2. The zero-order chi connectivity index (χ0) is 22.7. The minimum Gasteiger partial charge on any atom is -0.424 e. The molecule has 1 atom stereocenters. The fraction of sp³-hybridized carbons (Fsp3) is 0.217. The number of likely N-dealkylation sites (tertiary alicyclic amines) is 1. The fourth-order valence-corrected chi connectivity index (χ4v) is 4.15. The van der Waals surface area contributed by atoms with Gasteiger partial charge in [-0.15, -0.1) is 0 Å². The maximum atomic E-state index is 13.0. The molecule has 3 aromatic rings. The predicted octanol–water partition coefficient (Wildman–Crippen LogP) is 5.13. The first-order chi connectivity index (χ1) is 15.4. The van der Waals surface area contributed by atoms with Crippen LogP contribution in [0.25, 0.3) is 0 Å². The van der Waals surface area contributed by atoms with Crippen LogP contribution in [0, 0.1) is 6.92 Å². The van der Waals surface area contributed by atoms with Crippen molar-refractivity contribution < 1.29 is 14.3 Å². The molecule has 32 heavy (non-hydrogen) atoms. The summed E-state index contributed by atoms with van der Waals surface area (Å²) < 4.78 is 5.63. The third-order valence-corrected chi connectivity index (χ3v) is 5.57. The molecule has 0 aliphatic carbocycles. The number of aromatic nitrogens is 2. The molecule has 2 amide bonds. The van der Waals surface area contributed by atoms with E-state index in [1.807, 2.05) is 6.92 Å². The summed E-state index contributed by atoms with van der Waals surface area (Å²) in [7, 11) is 0. The van der Waals surface area contributed by atoms with Gasteiger partial charge in [-0.1, -0.05) is 23.2 Å². The highest BCUT2D eigenvalue weighted by molar-refractivity contribution is 6.35. The maximum absolute atomic E-state index is 13.0. The molecule has 2 heterocycles. The summed E-state index contributed by atoms with van der Waals surface area (Å²) in [6.45, 7) is 2.35. The molecule has 0 saturated carbocycles. The number of aryl methyl sites for hydroxylation is 1. The van der Waals surface area contributed by atoms with Crippen molar-refractivity contribution in [3.8, 4) is 11.8 Å². The van der Waals surface area contributed by atoms with E-state index in [2.05, 4.69) is 15.3 Å². The number of hydrogen-bond acceptors (Lipinski definition) is 5. The average Bonchev–Trinajstić information content (AvgIpc) is 3.25. The van der Waals surface area contributed by atoms with Gasteiger partial charge in [-0.05, 0) is 67.8 Å². The molecule has 9 heteroatoms. The monoisotopic (exact) mass is 470 g/mol. The lowest BCUT2D eigenvalue weighted by molar-refractivity contribution is -0.119. The van der Waals surface area contributed by atoms with E-state index in [1.165, 1.54) is 0 Å². The molecule has 1 aromatic heterocycles. The average molecular weight is 471 g/mol. The summed E-state index contributed by atoms with van der Waals surface area (Å²) in [6.07, 6.45) is 4.50. The normalized spacial score (nSPS) is 15.5. The molecule has 0 spiro atoms. The minimum atomic E-state index is -0.576. The molecule has 1 saturated heterocycles. The Labute approximate surface area is 195 Å². The summed E-state index contributed by atoms with van der Waals surface area (Å²) in [4.78, 5) is 35.6. The van der Waals surface area contributed by atoms with Crippen molar-refractivity contribution >= 4 is 40.7 Å². The van der Waals surface area contributed by atoms with Crippen LogP contribution in [0.3, 0.4) is 0 Å². The van der Waals surface area contributed by atoms with Gasteiger partial charge in [0.15, 0.2) is 0 Å². The van der Waals surface area contributed by atoms with Gasteiger partial charge in [-0.3, -0.25) is 9.59 Å². The number of carbonyl (C=O) groups is 2. The van der Waals surface area contributed by atoms with Gasteiger partial charge >= 0.3 is 6.01 Å². The number of rotatable bonds is 5. The third-order valence-electron chi connectivity index (χ3n) is 5.13. The van der Waals surface area contributed by atoms with Gasteiger partial charge in [-0.25, -0.2) is 9.97 Å². The number of nitrogens with one attached hydrogen (secondary N) is 1. The molecule has 1 fully saturated rings. The van der Waals surface area contributed by atoms with E-state index in [0.717, 1.165) is 12.0 Å². The van der Waals surface area contributed by atoms with E-state index >= 15 is 0 Å². The van der Waals surface area contributed by atoms with Crippen LogP contribution in [-0.4, -0.2) is 39.3 Å². The van der Waals surface area contributed by atoms with Crippen LogP contribution in [0.15, 0.2) is 54.9 Å². The smallest absolute Gasteiger partial charge is 0.321 e. The molecule has 1 N–H and O–H groups in total. The van der Waals surface area contributed by atoms with Crippen LogP contribution < -0.4 is 10.1 Å². The third kappa shape index (κ3) is 5.00. The molecule has 1 aliphatic rings. The lowest BCUT2D eigenvalue weighted by Gasteiger charge is -2.24. The van der Waals surface area contributed by atoms with Crippen LogP contribution in [0.2, 0.25) is 10.0 Å². The maximum Gasteiger partial charge on any atom is 0.321 e. The molecule has 164 valence electrons. The number of benzene rings is 2. The van der Waals surface area contributed by atoms with Gasteiger partial charge in [0, 0.05) is 40.2 Å². The topological polar surface area (TPSA) is 84.4 Å². The SMILES string of the molecule is Cc1cc(Oc2ncccn2)ccc1NC(=O)C1CCCN1C(=O)c1cc(Cl)cc(Cl)c1. The highest BCUT2D eigenvalue weighted by Gasteiger charge is 2.35. The Morgan fingerprint density at radius 1 is 1.09 bits per heavy atom. The summed E-state index contributed by atoms with van der Waals surface area (Å²) in [6, 6.07) is 11.3. The molecule has 4 rings (SSSR count). The van der Waals surface area contributed by atoms with Gasteiger partial charge < -0.3 is 15.0 Å². The summed E-state index contributed by atoms with van der Waals surface area (Å²) in [5.41, 5.74) is 1.81. The van der Waals surface area contributed by atoms with Crippen LogP contribution in [0.4, 0.5) is 5.69 Å². The fourth-order valence-electron chi connectivity index (χ4n) is 3.62. The van der Waals surface area contributed by atoms with Crippen LogP contribution in [-0.2, 0) is 4.79 Å². The van der Waals surface area contributed by atoms with Crippen LogP contribution in [0.1, 0.15) is 28.8 Å². The second-order valence-corrected chi connectivity index (χ2v) is 8.29. The van der Waals surface area contributed by atoms with E-state index in [1.54, 1.807) is 59.8 Å². The van der Waals surface area contributed by atoms with Crippen molar-refractivity contribution in [1.29, 1.82) is 0 Å². The summed E-state index contributed by atoms with van der Waals surface area (Å²) >= 11 is 12.1. The Balaban J connectivity index is 1.46. The van der Waals surface area contributed by atoms with Crippen molar-refractivity contribution in [1.82, 2.24) is 14.9 Å². The quantitative estimate of drug-likeness (QED) is 0.558. The Hall–Kier alpha value is -3.16. The van der Waals surface area contributed by atoms with E-state index in [9.17, 15) is 9.59 Å². The van der Waals surface area contributed by atoms with E-state index in [4.69, 9.17) is 27.9 Å². The van der Waals surface area contributed by atoms with Gasteiger partial charge in [-0.2, -0.15) is 0 Å². The van der Waals surface area contributed by atoms with E-state index < -0.39 is 6.04 Å². The first kappa shape index (κ1) is 22.0. The van der Waals surface area contributed by atoms with Gasteiger partial charge in [0.2, 0.25) is 5.91 Å². The lowest BCUT2D eigenvalue weighted by atomic mass is 10.1. The van der Waals surface area contributed by atoms with Crippen molar-refractivity contribution in [3.63, 3.8) is 0 Å². The first-order valence-corrected chi connectivity index (χ1v) is 10.8. The predicted molar refractivity (Wildman–Crippen MR) is 122 cm³/mol. The Morgan fingerprint density at radius 3 is 2.50 bits per heavy atom. The van der Waals surface area contributed by atoms with Gasteiger partial charge in [0.1, 0.15) is 11.8 Å². The zero-order valence-corrected chi connectivity index (χ0v) is 18.7. The van der Waals surface area contributed by atoms with Crippen molar-refractivity contribution in [3.05, 3.63) is 76.0 Å². The summed E-state index contributed by atoms with van der Waals surface area (Å²) in [5.74, 6) is 0.0460. The second kappa shape index (κ2) is 9.54. The number of carbonyl (C=O) groups excluding carboxylic acids is 2. The minimum absolute atomic E-state index is 0.241. The van der Waals surface area contributed by atoms with Crippen LogP contribution >= 0.6 is 23.2 Å². The summed E-state index contributed by atoms with van der Waals surface area (Å²) in [5, 5.41) is 3.68. The molecule has 0 bridgehead atoms. The van der Waals surface area contributed by atoms with Gasteiger partial charge in [0.05, 0.1) is 0 Å². The molecule has 0 radical (unpaired) electrons. The van der Waals surface area contributed by atoms with Crippen molar-refractivity contribution in [2.75, 3.05) is 11.9 Å². The van der Waals surface area contributed by atoms with Crippen molar-refractivity contribution in [2.45, 2.75) is 25.8 Å². The largest absolute Gasteiger partial charge is 0.424 e. The Bertz CT molecular complexity index is 1140. The van der Waals surface area contributed by atoms with E-state index in [-0.39, 0.29) is 17.8 Å². The van der Waals surface area contributed by atoms with E-state index in [0.29, 0.717) is 40.0 Å². The molecule has 2 aromatic carbocycles. The first-order valence-electron chi connectivity index (χ1n) is 10.0. The molecular formula is C23H20Cl2N4O3. The molecule has 1 unspecified atom stereocenters. The number of nitrogens with zero attached hydrogens (tertiary/aromatic N) is 3. The number of hydrogen-bond donors (Lipinski definition) is 1. The standard InChI is InChI=1S/C23H20Cl2N4O3/c1-14-10-18(32-23-26-7-3-8-27-23)5-6-19(14)28-21(30)20-4-2-9-29(20)22(31)15-11-16(24)13-17(25)12-15/h3,5-8,10-13,20H,2,4,9H2,1H3,(H,28,30). The number of ether oxygens (including phenoxy) is 1. The zero-order valence-electron chi connectivity index (χ0n) is 17.2. The lowest BCUT2D eigenvalue weighted by Crippen LogP contribution is -2.43. The van der Waals surface area contributed by atoms with Crippen molar-refractivity contribution in [2.24, 2.45) is 0 Å². The van der Waals surface area contributed by atoms with Gasteiger partial charge in [0.25, 0.3) is 5.91 Å². The highest BCUT2D eigenvalue weighted by atomic mass is 35.5. The second-order valence-electron chi connectivity index (χ2n) is 7.41. The Kier molecular flexibility index (Phi) is 6.58. The highest BCUT2D eigenvalue weighted by Crippen LogP contribution is 2.27. The molecular weight excluding hydrogens is 451 g/mol. The number of anilines is 1. The Morgan fingerprint density at radius 2 is 1.81 bits per heavy atom. The molecule has 1 aliphatic heterocycles. The van der Waals surface area contributed by atoms with Crippen LogP contribution in [0.5, 0.6) is 11.8 Å². The molecule has 7 nitrogen and oxygen atoms in total. The number of halogens is 2.